The molecule has 9 heteroatoms. The molecule has 2 saturated heterocycles. The second-order valence-electron chi connectivity index (χ2n) is 12.1. The number of hydrogen-bond donors (Lipinski definition) is 0. The zero-order valence-electron chi connectivity index (χ0n) is 25.8. The molecule has 0 aliphatic carbocycles. The van der Waals surface area contributed by atoms with Crippen molar-refractivity contribution in [3.05, 3.63) is 132 Å². The van der Waals surface area contributed by atoms with E-state index >= 15 is 0 Å². The highest BCUT2D eigenvalue weighted by molar-refractivity contribution is 5.54. The van der Waals surface area contributed by atoms with Crippen molar-refractivity contribution in [1.82, 2.24) is 9.88 Å². The van der Waals surface area contributed by atoms with Crippen molar-refractivity contribution in [3.8, 4) is 0 Å². The van der Waals surface area contributed by atoms with Crippen LogP contribution in [0.25, 0.3) is 0 Å². The van der Waals surface area contributed by atoms with Crippen molar-refractivity contribution >= 4 is 5.69 Å². The lowest BCUT2D eigenvalue weighted by Gasteiger charge is -2.44. The van der Waals surface area contributed by atoms with Crippen LogP contribution in [-0.2, 0) is 40.2 Å². The molecule has 0 bridgehead atoms. The monoisotopic (exact) mass is 631 g/mol. The summed E-state index contributed by atoms with van der Waals surface area (Å²) in [6, 6.07) is 31.3. The molecule has 3 aromatic carbocycles. The van der Waals surface area contributed by atoms with Crippen molar-refractivity contribution in [1.29, 1.82) is 0 Å². The molecule has 0 saturated carbocycles. The number of pyridine rings is 1. The second kappa shape index (κ2) is 15.2. The van der Waals surface area contributed by atoms with Crippen molar-refractivity contribution in [2.45, 2.75) is 50.7 Å². The molecule has 3 heterocycles. The summed E-state index contributed by atoms with van der Waals surface area (Å²) in [5.41, 5.74) is 2.74. The zero-order valence-corrected chi connectivity index (χ0v) is 25.8. The molecule has 2 aliphatic heterocycles. The van der Waals surface area contributed by atoms with Gasteiger partial charge in [0.2, 0.25) is 0 Å². The highest BCUT2D eigenvalue weighted by atomic mass is 19.4. The van der Waals surface area contributed by atoms with Crippen LogP contribution in [0.2, 0.25) is 0 Å². The number of ether oxygens (including phenoxy) is 3. The van der Waals surface area contributed by atoms with Crippen LogP contribution < -0.4 is 4.90 Å². The van der Waals surface area contributed by atoms with E-state index in [1.807, 2.05) is 95.9 Å². The molecule has 242 valence electrons. The first-order valence-electron chi connectivity index (χ1n) is 15.9. The third-order valence-corrected chi connectivity index (χ3v) is 8.76. The Balaban J connectivity index is 1.19. The minimum Gasteiger partial charge on any atom is -0.369 e. The number of hydrogen-bond acceptors (Lipinski definition) is 6. The van der Waals surface area contributed by atoms with Crippen LogP contribution in [0.4, 0.5) is 18.9 Å². The lowest BCUT2D eigenvalue weighted by atomic mass is 9.98. The number of halogens is 3. The van der Waals surface area contributed by atoms with Gasteiger partial charge in [-0.2, -0.15) is 13.2 Å². The van der Waals surface area contributed by atoms with Crippen LogP contribution in [0.5, 0.6) is 0 Å². The van der Waals surface area contributed by atoms with Crippen LogP contribution in [0.1, 0.15) is 28.7 Å². The van der Waals surface area contributed by atoms with Crippen molar-refractivity contribution in [2.75, 3.05) is 37.6 Å². The van der Waals surface area contributed by atoms with Gasteiger partial charge < -0.3 is 19.1 Å². The number of rotatable bonds is 12. The Morgan fingerprint density at radius 2 is 1.20 bits per heavy atom. The fourth-order valence-electron chi connectivity index (χ4n) is 6.45. The summed E-state index contributed by atoms with van der Waals surface area (Å²) < 4.78 is 61.1. The highest BCUT2D eigenvalue weighted by Crippen LogP contribution is 2.38. The Morgan fingerprint density at radius 1 is 0.674 bits per heavy atom. The molecule has 0 amide bonds. The maximum Gasteiger partial charge on any atom is 0.418 e. The second-order valence-corrected chi connectivity index (χ2v) is 12.1. The lowest BCUT2D eigenvalue weighted by Crippen LogP contribution is -2.58. The summed E-state index contributed by atoms with van der Waals surface area (Å²) in [6.45, 7) is 4.39. The summed E-state index contributed by atoms with van der Waals surface area (Å²) in [6.07, 6.45) is -1.95. The predicted octanol–water partition coefficient (Wildman–Crippen LogP) is 7.00. The first-order valence-corrected chi connectivity index (χ1v) is 15.9. The molecule has 3 atom stereocenters. The quantitative estimate of drug-likeness (QED) is 0.168. The van der Waals surface area contributed by atoms with Gasteiger partial charge in [0.05, 0.1) is 49.5 Å². The first kappa shape index (κ1) is 32.2. The van der Waals surface area contributed by atoms with Gasteiger partial charge in [0.15, 0.2) is 0 Å². The Morgan fingerprint density at radius 3 is 1.72 bits per heavy atom. The third kappa shape index (κ3) is 8.53. The number of nitrogens with zero attached hydrogens (tertiary/aromatic N) is 3. The average Bonchev–Trinajstić information content (AvgIpc) is 3.55. The highest BCUT2D eigenvalue weighted by Gasteiger charge is 2.41. The molecule has 1 aromatic heterocycles. The predicted molar refractivity (Wildman–Crippen MR) is 171 cm³/mol. The smallest absolute Gasteiger partial charge is 0.369 e. The minimum absolute atomic E-state index is 0.152. The fourth-order valence-corrected chi connectivity index (χ4v) is 6.45. The van der Waals surface area contributed by atoms with Gasteiger partial charge in [-0.1, -0.05) is 91.0 Å². The van der Waals surface area contributed by atoms with Crippen molar-refractivity contribution in [3.63, 3.8) is 0 Å². The van der Waals surface area contributed by atoms with Crippen molar-refractivity contribution < 1.29 is 27.4 Å². The Kier molecular flexibility index (Phi) is 10.7. The van der Waals surface area contributed by atoms with Gasteiger partial charge in [-0.15, -0.1) is 0 Å². The Hall–Kier alpha value is -3.76. The van der Waals surface area contributed by atoms with Crippen LogP contribution in [0.15, 0.2) is 109 Å². The molecule has 6 nitrogen and oxygen atoms in total. The average molecular weight is 632 g/mol. The van der Waals surface area contributed by atoms with Crippen LogP contribution in [0, 0.1) is 5.92 Å². The Labute approximate surface area is 268 Å². The standard InChI is InChI=1S/C37H40F3N3O3/c38-37(39,40)32-16-18-41-20-33(32)43-19-17-31(22-43)21-42-23-34(44-25-28-10-4-1-5-11-28)36(46-27-30-14-8-3-9-15-30)35(24-42)45-26-29-12-6-2-7-13-29/h1-16,18,20,31,34-36H,17,19,21-27H2/t31-,34-,35-/m1/s1. The van der Waals surface area contributed by atoms with E-state index in [0.29, 0.717) is 46.0 Å². The van der Waals surface area contributed by atoms with Gasteiger partial charge in [-0.25, -0.2) is 0 Å². The minimum atomic E-state index is -4.43. The number of benzene rings is 3. The van der Waals surface area contributed by atoms with Gasteiger partial charge in [0.1, 0.15) is 6.10 Å². The maximum atomic E-state index is 13.8. The van der Waals surface area contributed by atoms with Gasteiger partial charge >= 0.3 is 6.18 Å². The number of likely N-dealkylation sites (tertiary alicyclic amines) is 1. The van der Waals surface area contributed by atoms with Gasteiger partial charge in [0.25, 0.3) is 0 Å². The van der Waals surface area contributed by atoms with E-state index in [1.165, 1.54) is 12.4 Å². The summed E-state index contributed by atoms with van der Waals surface area (Å²) in [5, 5.41) is 0. The van der Waals surface area contributed by atoms with E-state index in [1.54, 1.807) is 0 Å². The molecular formula is C37H40F3N3O3. The molecular weight excluding hydrogens is 591 g/mol. The molecule has 2 aliphatic rings. The van der Waals surface area contributed by atoms with E-state index in [9.17, 15) is 13.2 Å². The third-order valence-electron chi connectivity index (χ3n) is 8.76. The number of aromatic nitrogens is 1. The summed E-state index contributed by atoms with van der Waals surface area (Å²) in [7, 11) is 0. The summed E-state index contributed by atoms with van der Waals surface area (Å²) in [5.74, 6) is 0.188. The molecule has 0 unspecified atom stereocenters. The van der Waals surface area contributed by atoms with Crippen LogP contribution in [-0.4, -0.2) is 60.9 Å². The van der Waals surface area contributed by atoms with Gasteiger partial charge in [0, 0.05) is 38.9 Å². The molecule has 0 radical (unpaired) electrons. The van der Waals surface area contributed by atoms with E-state index in [0.717, 1.165) is 35.7 Å². The van der Waals surface area contributed by atoms with Crippen molar-refractivity contribution in [2.24, 2.45) is 5.92 Å². The molecule has 0 spiro atoms. The number of anilines is 1. The van der Waals surface area contributed by atoms with E-state index in [4.69, 9.17) is 14.2 Å². The lowest BCUT2D eigenvalue weighted by molar-refractivity contribution is -0.185. The number of piperidine rings is 1. The van der Waals surface area contributed by atoms with Crippen LogP contribution in [0.3, 0.4) is 0 Å². The van der Waals surface area contributed by atoms with Gasteiger partial charge in [-0.3, -0.25) is 9.88 Å². The SMILES string of the molecule is FC(F)(F)c1ccncc1N1CC[C@H](CN2C[C@@H](OCc3ccccc3)C(OCc3ccccc3)[C@H](OCc3ccccc3)C2)C1. The number of alkyl halides is 3. The summed E-state index contributed by atoms with van der Waals surface area (Å²) in [4.78, 5) is 8.17. The molecule has 4 aromatic rings. The first-order chi connectivity index (χ1) is 22.4. The van der Waals surface area contributed by atoms with Crippen LogP contribution >= 0.6 is 0 Å². The van der Waals surface area contributed by atoms with E-state index in [2.05, 4.69) is 9.88 Å². The molecule has 46 heavy (non-hydrogen) atoms. The topological polar surface area (TPSA) is 47.1 Å². The molecule has 2 fully saturated rings. The van der Waals surface area contributed by atoms with E-state index in [-0.39, 0.29) is 29.9 Å². The largest absolute Gasteiger partial charge is 0.418 e. The van der Waals surface area contributed by atoms with Gasteiger partial charge in [-0.05, 0) is 35.1 Å². The molecule has 6 rings (SSSR count). The summed E-state index contributed by atoms with van der Waals surface area (Å²) >= 11 is 0. The fraction of sp³-hybridized carbons (Fsp3) is 0.378. The molecule has 0 N–H and O–H groups in total. The maximum absolute atomic E-state index is 13.8. The zero-order chi connectivity index (χ0) is 31.8. The normalized spacial score (nSPS) is 21.1. The Bertz CT molecular complexity index is 1440. The van der Waals surface area contributed by atoms with E-state index < -0.39 is 11.7 Å².